The van der Waals surface area contributed by atoms with E-state index in [9.17, 15) is 4.79 Å². The van der Waals surface area contributed by atoms with Crippen molar-refractivity contribution in [3.05, 3.63) is 65.6 Å². The van der Waals surface area contributed by atoms with E-state index in [1.54, 1.807) is 11.1 Å². The number of benzene rings is 1. The molecule has 1 saturated carbocycles. The Hall–Kier alpha value is -3.07. The van der Waals surface area contributed by atoms with Crippen molar-refractivity contribution in [1.82, 2.24) is 4.98 Å². The summed E-state index contributed by atoms with van der Waals surface area (Å²) in [6.45, 7) is 8.33. The van der Waals surface area contributed by atoms with Gasteiger partial charge in [0.15, 0.2) is 0 Å². The van der Waals surface area contributed by atoms with Crippen LogP contribution in [0.25, 0.3) is 4.85 Å². The number of pyridine rings is 1. The molecule has 2 heterocycles. The summed E-state index contributed by atoms with van der Waals surface area (Å²) in [6.07, 6.45) is 2.98. The highest BCUT2D eigenvalue weighted by Crippen LogP contribution is 2.49. The number of carbonyl (C=O) groups is 1. The van der Waals surface area contributed by atoms with E-state index >= 15 is 0 Å². The van der Waals surface area contributed by atoms with E-state index in [1.807, 2.05) is 42.5 Å². The van der Waals surface area contributed by atoms with E-state index in [0.717, 1.165) is 29.9 Å². The number of hydrogen-bond acceptors (Lipinski definition) is 4. The Morgan fingerprint density at radius 2 is 2.08 bits per heavy atom. The van der Waals surface area contributed by atoms with Crippen LogP contribution < -0.4 is 10.2 Å². The molecule has 6 nitrogen and oxygen atoms in total. The smallest absolute Gasteiger partial charge is 0.414 e. The van der Waals surface area contributed by atoms with E-state index < -0.39 is 0 Å². The zero-order chi connectivity index (χ0) is 17.3. The number of carbonyl (C=O) groups excluding carboxylic acids is 1. The zero-order valence-corrected chi connectivity index (χ0v) is 13.7. The first-order valence-electron chi connectivity index (χ1n) is 8.32. The van der Waals surface area contributed by atoms with Crippen LogP contribution in [0.4, 0.5) is 16.3 Å². The predicted octanol–water partition coefficient (Wildman–Crippen LogP) is 3.43. The van der Waals surface area contributed by atoms with Gasteiger partial charge in [0.05, 0.1) is 13.1 Å². The van der Waals surface area contributed by atoms with Gasteiger partial charge in [-0.1, -0.05) is 6.07 Å². The monoisotopic (exact) mass is 334 g/mol. The van der Waals surface area contributed by atoms with Crippen LogP contribution >= 0.6 is 0 Å². The Bertz CT molecular complexity index is 810. The SMILES string of the molecule is [C-]#[N+]C1(c2ccc(N3C[C@H](CNc4ccccn4)OC3=O)cc2)CC1. The Kier molecular flexibility index (Phi) is 3.77. The fraction of sp³-hybridized carbons (Fsp3) is 0.316. The van der Waals surface area contributed by atoms with Crippen LogP contribution in [0.5, 0.6) is 0 Å². The second kappa shape index (κ2) is 6.10. The standard InChI is InChI=1S/C19H18N4O2/c1-20-19(9-10-19)14-5-7-15(8-6-14)23-13-16(25-18(23)24)12-22-17-4-2-3-11-21-17/h2-8,11,16H,9-10,12-13H2,(H,21,22)/t16-/m0/s1. The molecule has 1 N–H and O–H groups in total. The third kappa shape index (κ3) is 3.01. The van der Waals surface area contributed by atoms with Crippen LogP contribution in [-0.2, 0) is 10.3 Å². The number of nitrogens with one attached hydrogen (secondary N) is 1. The summed E-state index contributed by atoms with van der Waals surface area (Å²) in [5.74, 6) is 0.759. The number of cyclic esters (lactones) is 1. The molecule has 1 aliphatic heterocycles. The number of nitrogens with zero attached hydrogens (tertiary/aromatic N) is 3. The molecule has 1 saturated heterocycles. The van der Waals surface area contributed by atoms with Gasteiger partial charge < -0.3 is 14.9 Å². The van der Waals surface area contributed by atoms with Gasteiger partial charge in [-0.2, -0.15) is 0 Å². The Balaban J connectivity index is 1.40. The van der Waals surface area contributed by atoms with Gasteiger partial charge >= 0.3 is 6.09 Å². The van der Waals surface area contributed by atoms with Crippen molar-refractivity contribution in [2.24, 2.45) is 0 Å². The van der Waals surface area contributed by atoms with E-state index in [-0.39, 0.29) is 17.7 Å². The second-order valence-corrected chi connectivity index (χ2v) is 6.40. The van der Waals surface area contributed by atoms with Crippen LogP contribution in [0.1, 0.15) is 18.4 Å². The number of rotatable bonds is 5. The normalized spacial score (nSPS) is 20.7. The first-order valence-corrected chi connectivity index (χ1v) is 8.32. The maximum absolute atomic E-state index is 12.2. The van der Waals surface area contributed by atoms with Crippen molar-refractivity contribution in [2.45, 2.75) is 24.5 Å². The molecule has 126 valence electrons. The zero-order valence-electron chi connectivity index (χ0n) is 13.7. The van der Waals surface area contributed by atoms with Gasteiger partial charge in [0.25, 0.3) is 5.54 Å². The van der Waals surface area contributed by atoms with Crippen LogP contribution in [0, 0.1) is 6.57 Å². The number of ether oxygens (including phenoxy) is 1. The summed E-state index contributed by atoms with van der Waals surface area (Å²) in [7, 11) is 0. The third-order valence-corrected chi connectivity index (χ3v) is 4.70. The number of aromatic nitrogens is 1. The molecule has 1 amide bonds. The molecule has 2 fully saturated rings. The molecule has 4 rings (SSSR count). The maximum Gasteiger partial charge on any atom is 0.414 e. The van der Waals surface area contributed by atoms with Crippen LogP contribution in [-0.4, -0.2) is 30.3 Å². The van der Waals surface area contributed by atoms with Gasteiger partial charge in [0.1, 0.15) is 11.9 Å². The van der Waals surface area contributed by atoms with Gasteiger partial charge in [0.2, 0.25) is 0 Å². The van der Waals surface area contributed by atoms with Crippen LogP contribution in [0.2, 0.25) is 0 Å². The number of amides is 1. The van der Waals surface area contributed by atoms with Crippen molar-refractivity contribution in [1.29, 1.82) is 0 Å². The minimum Gasteiger partial charge on any atom is -0.442 e. The van der Waals surface area contributed by atoms with Gasteiger partial charge in [-0.25, -0.2) is 16.4 Å². The van der Waals surface area contributed by atoms with Crippen molar-refractivity contribution >= 4 is 17.6 Å². The molecule has 1 aliphatic carbocycles. The quantitative estimate of drug-likeness (QED) is 0.851. The molecule has 1 aromatic heterocycles. The highest BCUT2D eigenvalue weighted by atomic mass is 16.6. The van der Waals surface area contributed by atoms with Crippen molar-refractivity contribution in [2.75, 3.05) is 23.3 Å². The molecule has 0 bridgehead atoms. The summed E-state index contributed by atoms with van der Waals surface area (Å²) < 4.78 is 5.43. The highest BCUT2D eigenvalue weighted by molar-refractivity contribution is 5.89. The third-order valence-electron chi connectivity index (χ3n) is 4.70. The van der Waals surface area contributed by atoms with Gasteiger partial charge in [-0.05, 0) is 36.4 Å². The van der Waals surface area contributed by atoms with Crippen molar-refractivity contribution in [3.63, 3.8) is 0 Å². The van der Waals surface area contributed by atoms with E-state index in [2.05, 4.69) is 15.1 Å². The lowest BCUT2D eigenvalue weighted by molar-refractivity contribution is 0.147. The molecule has 25 heavy (non-hydrogen) atoms. The number of anilines is 2. The van der Waals surface area contributed by atoms with Crippen LogP contribution in [0.3, 0.4) is 0 Å². The lowest BCUT2D eigenvalue weighted by Gasteiger charge is -2.14. The van der Waals surface area contributed by atoms with Crippen molar-refractivity contribution in [3.8, 4) is 0 Å². The molecule has 2 aliphatic rings. The average molecular weight is 334 g/mol. The fourth-order valence-electron chi connectivity index (χ4n) is 3.06. The molecule has 1 aromatic carbocycles. The van der Waals surface area contributed by atoms with Gasteiger partial charge in [-0.3, -0.25) is 4.90 Å². The average Bonchev–Trinajstić information content (AvgIpc) is 3.38. The molecule has 1 atom stereocenters. The molecular formula is C19H18N4O2. The maximum atomic E-state index is 12.2. The van der Waals surface area contributed by atoms with Gasteiger partial charge in [0, 0.05) is 30.3 Å². The first kappa shape index (κ1) is 15.5. The summed E-state index contributed by atoms with van der Waals surface area (Å²) >= 11 is 0. The Morgan fingerprint density at radius 1 is 1.28 bits per heavy atom. The summed E-state index contributed by atoms with van der Waals surface area (Å²) in [4.78, 5) is 21.7. The fourth-order valence-corrected chi connectivity index (χ4v) is 3.06. The summed E-state index contributed by atoms with van der Waals surface area (Å²) in [6, 6.07) is 13.3. The summed E-state index contributed by atoms with van der Waals surface area (Å²) in [5.41, 5.74) is 1.51. The van der Waals surface area contributed by atoms with E-state index in [1.165, 1.54) is 0 Å². The highest BCUT2D eigenvalue weighted by Gasteiger charge is 2.52. The Labute approximate surface area is 146 Å². The first-order chi connectivity index (χ1) is 12.2. The molecule has 6 heteroatoms. The predicted molar refractivity (Wildman–Crippen MR) is 94.3 cm³/mol. The second-order valence-electron chi connectivity index (χ2n) is 6.40. The molecular weight excluding hydrogens is 316 g/mol. The van der Waals surface area contributed by atoms with E-state index in [4.69, 9.17) is 11.3 Å². The topological polar surface area (TPSA) is 58.8 Å². The lowest BCUT2D eigenvalue weighted by atomic mass is 10.1. The lowest BCUT2D eigenvalue weighted by Crippen LogP contribution is -2.27. The largest absolute Gasteiger partial charge is 0.442 e. The molecule has 0 unspecified atom stereocenters. The Morgan fingerprint density at radius 3 is 2.72 bits per heavy atom. The summed E-state index contributed by atoms with van der Waals surface area (Å²) in [5, 5.41) is 3.18. The number of hydrogen-bond donors (Lipinski definition) is 1. The van der Waals surface area contributed by atoms with Crippen molar-refractivity contribution < 1.29 is 9.53 Å². The van der Waals surface area contributed by atoms with Crippen LogP contribution in [0.15, 0.2) is 48.7 Å². The van der Waals surface area contributed by atoms with E-state index in [0.29, 0.717) is 13.1 Å². The molecule has 2 aromatic rings. The molecule has 0 radical (unpaired) electrons. The minimum absolute atomic E-state index is 0.229. The minimum atomic E-state index is -0.341. The van der Waals surface area contributed by atoms with Gasteiger partial charge in [-0.15, -0.1) is 0 Å². The molecule has 0 spiro atoms.